The zero-order valence-corrected chi connectivity index (χ0v) is 11.7. The maximum atomic E-state index is 11.9. The summed E-state index contributed by atoms with van der Waals surface area (Å²) in [5.74, 6) is -0.447. The number of carbonyl (C=O) groups is 1. The fourth-order valence-corrected chi connectivity index (χ4v) is 3.41. The number of sulfone groups is 1. The SMILES string of the molecule is Nc1cc(Br)cc(C(=O)NC2C=CS(=O)(=O)C2)c1. The van der Waals surface area contributed by atoms with Gasteiger partial charge in [0.15, 0.2) is 9.84 Å². The van der Waals surface area contributed by atoms with Gasteiger partial charge in [-0.3, -0.25) is 4.79 Å². The molecule has 0 saturated carbocycles. The van der Waals surface area contributed by atoms with Gasteiger partial charge in [0.2, 0.25) is 0 Å². The fourth-order valence-electron chi connectivity index (χ4n) is 1.66. The second-order valence-electron chi connectivity index (χ2n) is 4.01. The molecule has 1 aromatic carbocycles. The highest BCUT2D eigenvalue weighted by Gasteiger charge is 2.23. The number of amides is 1. The molecule has 1 atom stereocenters. The summed E-state index contributed by atoms with van der Waals surface area (Å²) in [6.07, 6.45) is 1.47. The number of nitrogens with one attached hydrogen (secondary N) is 1. The summed E-state index contributed by atoms with van der Waals surface area (Å²) in [7, 11) is -3.17. The van der Waals surface area contributed by atoms with E-state index in [0.29, 0.717) is 15.7 Å². The van der Waals surface area contributed by atoms with E-state index in [2.05, 4.69) is 21.2 Å². The topological polar surface area (TPSA) is 89.3 Å². The normalized spacial score (nSPS) is 20.8. The highest BCUT2D eigenvalue weighted by molar-refractivity contribution is 9.10. The average molecular weight is 331 g/mol. The summed E-state index contributed by atoms with van der Waals surface area (Å²) in [5.41, 5.74) is 6.48. The number of hydrogen-bond acceptors (Lipinski definition) is 4. The molecule has 1 unspecified atom stereocenters. The van der Waals surface area contributed by atoms with Crippen LogP contribution in [0.4, 0.5) is 5.69 Å². The van der Waals surface area contributed by atoms with Crippen LogP contribution in [0.1, 0.15) is 10.4 Å². The Hall–Kier alpha value is -1.34. The van der Waals surface area contributed by atoms with Gasteiger partial charge in [-0.05, 0) is 24.3 Å². The highest BCUT2D eigenvalue weighted by Crippen LogP contribution is 2.17. The van der Waals surface area contributed by atoms with Gasteiger partial charge in [-0.2, -0.15) is 0 Å². The number of halogens is 1. The molecule has 0 bridgehead atoms. The molecule has 0 saturated heterocycles. The van der Waals surface area contributed by atoms with Gasteiger partial charge in [-0.25, -0.2) is 8.42 Å². The second kappa shape index (κ2) is 4.74. The molecule has 1 aromatic rings. The third-order valence-corrected chi connectivity index (χ3v) is 4.28. The first-order chi connectivity index (χ1) is 8.35. The monoisotopic (exact) mass is 330 g/mol. The van der Waals surface area contributed by atoms with E-state index in [-0.39, 0.29) is 11.7 Å². The van der Waals surface area contributed by atoms with Crippen molar-refractivity contribution in [1.82, 2.24) is 5.32 Å². The fraction of sp³-hybridized carbons (Fsp3) is 0.182. The number of benzene rings is 1. The van der Waals surface area contributed by atoms with Crippen molar-refractivity contribution in [1.29, 1.82) is 0 Å². The molecule has 1 heterocycles. The molecular weight excluding hydrogens is 320 g/mol. The van der Waals surface area contributed by atoms with Gasteiger partial charge in [0.1, 0.15) is 0 Å². The molecule has 0 fully saturated rings. The zero-order chi connectivity index (χ0) is 13.3. The minimum Gasteiger partial charge on any atom is -0.399 e. The van der Waals surface area contributed by atoms with Crippen LogP contribution in [0.3, 0.4) is 0 Å². The van der Waals surface area contributed by atoms with E-state index in [1.807, 2.05) is 0 Å². The second-order valence-corrected chi connectivity index (χ2v) is 6.86. The number of nitrogens with two attached hydrogens (primary N) is 1. The van der Waals surface area contributed by atoms with Crippen molar-refractivity contribution < 1.29 is 13.2 Å². The number of hydrogen-bond donors (Lipinski definition) is 2. The quantitative estimate of drug-likeness (QED) is 0.794. The lowest BCUT2D eigenvalue weighted by Gasteiger charge is -2.10. The van der Waals surface area contributed by atoms with Gasteiger partial charge in [0.05, 0.1) is 11.8 Å². The Bertz CT molecular complexity index is 605. The van der Waals surface area contributed by atoms with Crippen molar-refractivity contribution >= 4 is 37.4 Å². The van der Waals surface area contributed by atoms with Crippen LogP contribution in [0.15, 0.2) is 34.2 Å². The smallest absolute Gasteiger partial charge is 0.251 e. The third-order valence-electron chi connectivity index (χ3n) is 2.43. The van der Waals surface area contributed by atoms with Crippen molar-refractivity contribution in [3.63, 3.8) is 0 Å². The Labute approximate surface area is 113 Å². The molecule has 7 heteroatoms. The Balaban J connectivity index is 2.11. The molecule has 3 N–H and O–H groups in total. The van der Waals surface area contributed by atoms with Crippen molar-refractivity contribution in [2.24, 2.45) is 0 Å². The molecule has 18 heavy (non-hydrogen) atoms. The van der Waals surface area contributed by atoms with E-state index in [0.717, 1.165) is 5.41 Å². The van der Waals surface area contributed by atoms with E-state index < -0.39 is 15.9 Å². The van der Waals surface area contributed by atoms with Crippen LogP contribution in [0.2, 0.25) is 0 Å². The van der Waals surface area contributed by atoms with Gasteiger partial charge < -0.3 is 11.1 Å². The maximum absolute atomic E-state index is 11.9. The highest BCUT2D eigenvalue weighted by atomic mass is 79.9. The van der Waals surface area contributed by atoms with E-state index in [9.17, 15) is 13.2 Å². The van der Waals surface area contributed by atoms with Crippen molar-refractivity contribution in [2.75, 3.05) is 11.5 Å². The molecular formula is C11H11BrN2O3S. The van der Waals surface area contributed by atoms with Crippen LogP contribution in [0.25, 0.3) is 0 Å². The Morgan fingerprint density at radius 1 is 1.39 bits per heavy atom. The van der Waals surface area contributed by atoms with Crippen LogP contribution in [0, 0.1) is 0 Å². The van der Waals surface area contributed by atoms with Gasteiger partial charge in [-0.1, -0.05) is 15.9 Å². The summed E-state index contributed by atoms with van der Waals surface area (Å²) in [6.45, 7) is 0. The number of nitrogen functional groups attached to an aromatic ring is 1. The van der Waals surface area contributed by atoms with Crippen molar-refractivity contribution in [3.8, 4) is 0 Å². The molecule has 0 radical (unpaired) electrons. The van der Waals surface area contributed by atoms with Gasteiger partial charge in [0.25, 0.3) is 5.91 Å². The molecule has 0 spiro atoms. The van der Waals surface area contributed by atoms with E-state index in [4.69, 9.17) is 5.73 Å². The van der Waals surface area contributed by atoms with Crippen LogP contribution < -0.4 is 11.1 Å². The summed E-state index contributed by atoms with van der Waals surface area (Å²) < 4.78 is 23.1. The van der Waals surface area contributed by atoms with Crippen molar-refractivity contribution in [3.05, 3.63) is 39.7 Å². The average Bonchev–Trinajstić information content (AvgIpc) is 2.56. The first-order valence-electron chi connectivity index (χ1n) is 5.14. The summed E-state index contributed by atoms with van der Waals surface area (Å²) in [5, 5.41) is 3.74. The Kier molecular flexibility index (Phi) is 3.45. The molecule has 1 aliphatic heterocycles. The number of carbonyl (C=O) groups excluding carboxylic acids is 1. The lowest BCUT2D eigenvalue weighted by Crippen LogP contribution is -2.35. The van der Waals surface area contributed by atoms with Crippen LogP contribution in [-0.2, 0) is 9.84 Å². The van der Waals surface area contributed by atoms with Crippen LogP contribution in [0.5, 0.6) is 0 Å². The molecule has 0 aliphatic carbocycles. The first kappa shape index (κ1) is 13.1. The molecule has 1 amide bonds. The minimum absolute atomic E-state index is 0.0950. The molecule has 2 rings (SSSR count). The molecule has 1 aliphatic rings. The molecule has 0 aromatic heterocycles. The lowest BCUT2D eigenvalue weighted by atomic mass is 10.2. The van der Waals surface area contributed by atoms with E-state index in [1.165, 1.54) is 12.1 Å². The Morgan fingerprint density at radius 2 is 2.11 bits per heavy atom. The minimum atomic E-state index is -3.17. The summed E-state index contributed by atoms with van der Waals surface area (Å²) >= 11 is 3.24. The van der Waals surface area contributed by atoms with Gasteiger partial charge >= 0.3 is 0 Å². The Morgan fingerprint density at radius 3 is 2.67 bits per heavy atom. The summed E-state index contributed by atoms with van der Waals surface area (Å²) in [4.78, 5) is 11.9. The third kappa shape index (κ3) is 3.11. The summed E-state index contributed by atoms with van der Waals surface area (Å²) in [6, 6.07) is 4.35. The zero-order valence-electron chi connectivity index (χ0n) is 9.26. The van der Waals surface area contributed by atoms with Crippen LogP contribution in [-0.4, -0.2) is 26.1 Å². The lowest BCUT2D eigenvalue weighted by molar-refractivity contribution is 0.0947. The predicted molar refractivity (Wildman–Crippen MR) is 72.7 cm³/mol. The largest absolute Gasteiger partial charge is 0.399 e. The first-order valence-corrected chi connectivity index (χ1v) is 7.64. The maximum Gasteiger partial charge on any atom is 0.251 e. The van der Waals surface area contributed by atoms with Crippen LogP contribution >= 0.6 is 15.9 Å². The van der Waals surface area contributed by atoms with Gasteiger partial charge in [0, 0.05) is 21.1 Å². The van der Waals surface area contributed by atoms with Crippen molar-refractivity contribution in [2.45, 2.75) is 6.04 Å². The predicted octanol–water partition coefficient (Wildman–Crippen LogP) is 1.07. The van der Waals surface area contributed by atoms with E-state index in [1.54, 1.807) is 12.1 Å². The van der Waals surface area contributed by atoms with E-state index >= 15 is 0 Å². The number of anilines is 1. The molecule has 96 valence electrons. The standard InChI is InChI=1S/C11H11BrN2O3S/c12-8-3-7(4-9(13)5-8)11(15)14-10-1-2-18(16,17)6-10/h1-5,10H,6,13H2,(H,14,15). The van der Waals surface area contributed by atoms with Gasteiger partial charge in [-0.15, -0.1) is 0 Å². The number of rotatable bonds is 2. The molecule has 5 nitrogen and oxygen atoms in total.